The first-order valence-corrected chi connectivity index (χ1v) is 6.77. The molecular weight excluding hydrogens is 294 g/mol. The Morgan fingerprint density at radius 2 is 1.89 bits per heavy atom. The van der Waals surface area contributed by atoms with E-state index in [4.69, 9.17) is 9.47 Å². The van der Waals surface area contributed by atoms with Gasteiger partial charge in [-0.1, -0.05) is 15.9 Å². The van der Waals surface area contributed by atoms with Gasteiger partial charge in [-0.3, -0.25) is 0 Å². The van der Waals surface area contributed by atoms with Gasteiger partial charge in [-0.15, -0.1) is 0 Å². The molecule has 4 heteroatoms. The number of rotatable bonds is 5. The number of anilines is 1. The first-order valence-electron chi connectivity index (χ1n) is 5.97. The lowest BCUT2D eigenvalue weighted by Crippen LogP contribution is -2.41. The average molecular weight is 316 g/mol. The molecule has 0 aromatic heterocycles. The molecule has 102 valence electrons. The summed E-state index contributed by atoms with van der Waals surface area (Å²) in [7, 11) is 3.41. The van der Waals surface area contributed by atoms with Crippen LogP contribution in [0.4, 0.5) is 5.69 Å². The highest BCUT2D eigenvalue weighted by molar-refractivity contribution is 9.10. The van der Waals surface area contributed by atoms with Gasteiger partial charge in [0.1, 0.15) is 5.75 Å². The zero-order valence-electron chi connectivity index (χ0n) is 11.9. The maximum Gasteiger partial charge on any atom is 0.143 e. The maximum absolute atomic E-state index is 5.50. The van der Waals surface area contributed by atoms with Gasteiger partial charge in [0.15, 0.2) is 0 Å². The van der Waals surface area contributed by atoms with Gasteiger partial charge in [-0.05, 0) is 45.4 Å². The molecule has 1 N–H and O–H groups in total. The van der Waals surface area contributed by atoms with E-state index in [0.717, 1.165) is 21.5 Å². The van der Waals surface area contributed by atoms with Crippen molar-refractivity contribution in [2.45, 2.75) is 39.3 Å². The van der Waals surface area contributed by atoms with Crippen molar-refractivity contribution < 1.29 is 9.47 Å². The van der Waals surface area contributed by atoms with E-state index in [-0.39, 0.29) is 11.6 Å². The lowest BCUT2D eigenvalue weighted by atomic mass is 9.99. The Labute approximate surface area is 118 Å². The van der Waals surface area contributed by atoms with E-state index < -0.39 is 0 Å². The Hall–Kier alpha value is -0.740. The zero-order chi connectivity index (χ0) is 13.9. The largest absolute Gasteiger partial charge is 0.495 e. The van der Waals surface area contributed by atoms with E-state index in [0.29, 0.717) is 0 Å². The molecule has 0 bridgehead atoms. The van der Waals surface area contributed by atoms with Gasteiger partial charge in [-0.25, -0.2) is 0 Å². The van der Waals surface area contributed by atoms with Crippen molar-refractivity contribution in [2.24, 2.45) is 0 Å². The fraction of sp³-hybridized carbons (Fsp3) is 0.571. The summed E-state index contributed by atoms with van der Waals surface area (Å²) in [5.74, 6) is 0.834. The first-order chi connectivity index (χ1) is 8.31. The van der Waals surface area contributed by atoms with Crippen LogP contribution < -0.4 is 10.1 Å². The highest BCUT2D eigenvalue weighted by Gasteiger charge is 2.26. The molecular formula is C14H22BrNO2. The van der Waals surface area contributed by atoms with Crippen molar-refractivity contribution in [3.8, 4) is 5.75 Å². The molecule has 0 saturated carbocycles. The molecule has 0 aliphatic rings. The second-order valence-corrected chi connectivity index (χ2v) is 5.89. The third kappa shape index (κ3) is 3.39. The minimum Gasteiger partial charge on any atom is -0.495 e. The predicted molar refractivity (Wildman–Crippen MR) is 79.6 cm³/mol. The molecule has 1 aromatic rings. The van der Waals surface area contributed by atoms with Crippen LogP contribution in [0.3, 0.4) is 0 Å². The van der Waals surface area contributed by atoms with Crippen LogP contribution in [0.15, 0.2) is 16.6 Å². The SMILES string of the molecule is COc1cc(Br)cc(C)c1NC(C)C(C)(C)OC. The Balaban J connectivity index is 3.04. The molecule has 1 aromatic carbocycles. The highest BCUT2D eigenvalue weighted by atomic mass is 79.9. The van der Waals surface area contributed by atoms with E-state index in [1.165, 1.54) is 0 Å². The van der Waals surface area contributed by atoms with Crippen LogP contribution in [0.2, 0.25) is 0 Å². The number of halogens is 1. The molecule has 3 nitrogen and oxygen atoms in total. The van der Waals surface area contributed by atoms with Crippen molar-refractivity contribution >= 4 is 21.6 Å². The van der Waals surface area contributed by atoms with Gasteiger partial charge in [0.2, 0.25) is 0 Å². The summed E-state index contributed by atoms with van der Waals surface area (Å²) in [6.07, 6.45) is 0. The molecule has 1 rings (SSSR count). The summed E-state index contributed by atoms with van der Waals surface area (Å²) in [5.41, 5.74) is 1.91. The molecule has 0 aliphatic carbocycles. The van der Waals surface area contributed by atoms with Crippen LogP contribution in [-0.2, 0) is 4.74 Å². The number of methoxy groups -OCH3 is 2. The highest BCUT2D eigenvalue weighted by Crippen LogP contribution is 2.33. The Bertz CT molecular complexity index is 419. The molecule has 0 saturated heterocycles. The van der Waals surface area contributed by atoms with Crippen molar-refractivity contribution in [1.29, 1.82) is 0 Å². The molecule has 0 spiro atoms. The third-order valence-electron chi connectivity index (χ3n) is 3.41. The minimum absolute atomic E-state index is 0.163. The molecule has 0 amide bonds. The smallest absolute Gasteiger partial charge is 0.143 e. The normalized spacial score (nSPS) is 13.3. The van der Waals surface area contributed by atoms with Gasteiger partial charge >= 0.3 is 0 Å². The lowest BCUT2D eigenvalue weighted by Gasteiger charge is -2.32. The van der Waals surface area contributed by atoms with Gasteiger partial charge in [-0.2, -0.15) is 0 Å². The molecule has 1 unspecified atom stereocenters. The number of aryl methyl sites for hydroxylation is 1. The number of nitrogens with one attached hydrogen (secondary N) is 1. The summed E-state index contributed by atoms with van der Waals surface area (Å²) >= 11 is 3.47. The first kappa shape index (κ1) is 15.3. The second kappa shape index (κ2) is 5.93. The predicted octanol–water partition coefficient (Wildman–Crippen LogP) is 3.99. The van der Waals surface area contributed by atoms with Crippen molar-refractivity contribution in [3.63, 3.8) is 0 Å². The van der Waals surface area contributed by atoms with Gasteiger partial charge in [0, 0.05) is 11.6 Å². The van der Waals surface area contributed by atoms with Crippen molar-refractivity contribution in [2.75, 3.05) is 19.5 Å². The molecule has 18 heavy (non-hydrogen) atoms. The second-order valence-electron chi connectivity index (χ2n) is 4.97. The van der Waals surface area contributed by atoms with E-state index in [9.17, 15) is 0 Å². The Morgan fingerprint density at radius 3 is 2.39 bits per heavy atom. The maximum atomic E-state index is 5.50. The number of hydrogen-bond donors (Lipinski definition) is 1. The molecule has 0 heterocycles. The van der Waals surface area contributed by atoms with Crippen molar-refractivity contribution in [3.05, 3.63) is 22.2 Å². The molecule has 0 aliphatic heterocycles. The topological polar surface area (TPSA) is 30.5 Å². The monoisotopic (exact) mass is 315 g/mol. The van der Waals surface area contributed by atoms with Crippen LogP contribution in [0.1, 0.15) is 26.3 Å². The molecule has 0 fully saturated rings. The van der Waals surface area contributed by atoms with Crippen LogP contribution in [0.25, 0.3) is 0 Å². The zero-order valence-corrected chi connectivity index (χ0v) is 13.5. The Kier molecular flexibility index (Phi) is 5.05. The lowest BCUT2D eigenvalue weighted by molar-refractivity contribution is 0.0107. The fourth-order valence-electron chi connectivity index (χ4n) is 1.63. The van der Waals surface area contributed by atoms with E-state index in [2.05, 4.69) is 55.0 Å². The summed E-state index contributed by atoms with van der Waals surface area (Å²) in [6, 6.07) is 4.19. The van der Waals surface area contributed by atoms with Crippen molar-refractivity contribution in [1.82, 2.24) is 0 Å². The minimum atomic E-state index is -0.246. The van der Waals surface area contributed by atoms with Crippen LogP contribution >= 0.6 is 15.9 Å². The quantitative estimate of drug-likeness (QED) is 0.891. The summed E-state index contributed by atoms with van der Waals surface area (Å²) < 4.78 is 11.9. The standard InChI is InChI=1S/C14H22BrNO2/c1-9-7-11(15)8-12(17-5)13(9)16-10(2)14(3,4)18-6/h7-8,10,16H,1-6H3. The van der Waals surface area contributed by atoms with E-state index in [1.807, 2.05) is 6.07 Å². The number of benzene rings is 1. The Morgan fingerprint density at radius 1 is 1.28 bits per heavy atom. The van der Waals surface area contributed by atoms with Crippen LogP contribution in [-0.4, -0.2) is 25.9 Å². The van der Waals surface area contributed by atoms with E-state index >= 15 is 0 Å². The fourth-order valence-corrected chi connectivity index (χ4v) is 2.18. The number of ether oxygens (including phenoxy) is 2. The van der Waals surface area contributed by atoms with Gasteiger partial charge in [0.25, 0.3) is 0 Å². The average Bonchev–Trinajstić information content (AvgIpc) is 2.31. The van der Waals surface area contributed by atoms with Crippen LogP contribution in [0, 0.1) is 6.92 Å². The number of hydrogen-bond acceptors (Lipinski definition) is 3. The van der Waals surface area contributed by atoms with Crippen LogP contribution in [0.5, 0.6) is 5.75 Å². The van der Waals surface area contributed by atoms with Gasteiger partial charge in [0.05, 0.1) is 24.4 Å². The summed E-state index contributed by atoms with van der Waals surface area (Å²) in [4.78, 5) is 0. The molecule has 0 radical (unpaired) electrons. The summed E-state index contributed by atoms with van der Waals surface area (Å²) in [5, 5.41) is 3.48. The summed E-state index contributed by atoms with van der Waals surface area (Å²) in [6.45, 7) is 8.28. The van der Waals surface area contributed by atoms with E-state index in [1.54, 1.807) is 14.2 Å². The van der Waals surface area contributed by atoms with Gasteiger partial charge < -0.3 is 14.8 Å². The third-order valence-corrected chi connectivity index (χ3v) is 3.87. The molecule has 1 atom stereocenters.